The minimum Gasteiger partial charge on any atom is -0.388 e. The molecular weight excluding hydrogens is 228 g/mol. The number of rotatable bonds is 4. The molecule has 2 rings (SSSR count). The summed E-state index contributed by atoms with van der Waals surface area (Å²) in [5.74, 6) is 0.330. The highest BCUT2D eigenvalue weighted by Crippen LogP contribution is 2.38. The molecule has 0 bridgehead atoms. The van der Waals surface area contributed by atoms with Gasteiger partial charge in [0.15, 0.2) is 0 Å². The molecule has 18 heavy (non-hydrogen) atoms. The van der Waals surface area contributed by atoms with Crippen LogP contribution in [-0.2, 0) is 0 Å². The van der Waals surface area contributed by atoms with Crippen molar-refractivity contribution in [3.05, 3.63) is 29.8 Å². The zero-order valence-electron chi connectivity index (χ0n) is 10.9. The first-order valence-electron chi connectivity index (χ1n) is 6.32. The van der Waals surface area contributed by atoms with Crippen LogP contribution in [0.25, 0.3) is 0 Å². The van der Waals surface area contributed by atoms with E-state index in [0.717, 1.165) is 24.1 Å². The Labute approximate surface area is 107 Å². The molecule has 4 heteroatoms. The molecule has 1 aliphatic rings. The zero-order valence-corrected chi connectivity index (χ0v) is 10.9. The summed E-state index contributed by atoms with van der Waals surface area (Å²) in [7, 11) is 0. The van der Waals surface area contributed by atoms with Gasteiger partial charge in [0.1, 0.15) is 0 Å². The van der Waals surface area contributed by atoms with Crippen LogP contribution in [-0.4, -0.2) is 23.3 Å². The number of hydrogen-bond acceptors (Lipinski definition) is 2. The first-order chi connectivity index (χ1) is 8.49. The molecule has 4 nitrogen and oxygen atoms in total. The Morgan fingerprint density at radius 3 is 2.72 bits per heavy atom. The molecule has 1 atom stereocenters. The first kappa shape index (κ1) is 12.9. The van der Waals surface area contributed by atoms with Crippen molar-refractivity contribution in [2.24, 2.45) is 5.92 Å². The van der Waals surface area contributed by atoms with Gasteiger partial charge < -0.3 is 15.7 Å². The average molecular weight is 248 g/mol. The zero-order chi connectivity index (χ0) is 13.2. The summed E-state index contributed by atoms with van der Waals surface area (Å²) in [6.07, 6.45) is 2.10. The van der Waals surface area contributed by atoms with Crippen molar-refractivity contribution in [1.29, 1.82) is 0 Å². The van der Waals surface area contributed by atoms with Gasteiger partial charge in [-0.3, -0.25) is 0 Å². The van der Waals surface area contributed by atoms with Crippen LogP contribution in [0, 0.1) is 12.8 Å². The number of urea groups is 1. The van der Waals surface area contributed by atoms with E-state index >= 15 is 0 Å². The third-order valence-corrected chi connectivity index (χ3v) is 3.46. The smallest absolute Gasteiger partial charge is 0.319 e. The first-order valence-corrected chi connectivity index (χ1v) is 6.32. The molecule has 1 aromatic rings. The Balaban J connectivity index is 1.84. The molecule has 2 amide bonds. The number of para-hydroxylation sites is 1. The highest BCUT2D eigenvalue weighted by atomic mass is 16.3. The lowest BCUT2D eigenvalue weighted by atomic mass is 10.0. The lowest BCUT2D eigenvalue weighted by Crippen LogP contribution is -2.43. The van der Waals surface area contributed by atoms with Gasteiger partial charge in [-0.25, -0.2) is 4.79 Å². The van der Waals surface area contributed by atoms with E-state index in [0.29, 0.717) is 5.92 Å². The maximum absolute atomic E-state index is 11.7. The Bertz CT molecular complexity index is 439. The molecule has 0 saturated heterocycles. The molecule has 1 aliphatic carbocycles. The van der Waals surface area contributed by atoms with Crippen molar-refractivity contribution in [3.8, 4) is 0 Å². The monoisotopic (exact) mass is 248 g/mol. The van der Waals surface area contributed by atoms with E-state index in [9.17, 15) is 9.90 Å². The second-order valence-corrected chi connectivity index (χ2v) is 5.25. The van der Waals surface area contributed by atoms with E-state index in [4.69, 9.17) is 0 Å². The number of anilines is 1. The minimum absolute atomic E-state index is 0.273. The van der Waals surface area contributed by atoms with E-state index in [2.05, 4.69) is 10.6 Å². The second kappa shape index (κ2) is 4.98. The normalized spacial score (nSPS) is 17.9. The van der Waals surface area contributed by atoms with Crippen LogP contribution in [0.2, 0.25) is 0 Å². The fourth-order valence-electron chi connectivity index (χ4n) is 1.99. The quantitative estimate of drug-likeness (QED) is 0.765. The Hall–Kier alpha value is -1.55. The Kier molecular flexibility index (Phi) is 3.57. The molecule has 0 heterocycles. The number of aliphatic hydroxyl groups is 1. The highest BCUT2D eigenvalue weighted by Gasteiger charge is 2.39. The van der Waals surface area contributed by atoms with Crippen LogP contribution in [0.1, 0.15) is 25.3 Å². The van der Waals surface area contributed by atoms with Crippen LogP contribution >= 0.6 is 0 Å². The minimum atomic E-state index is -0.789. The van der Waals surface area contributed by atoms with Crippen molar-refractivity contribution in [3.63, 3.8) is 0 Å². The summed E-state index contributed by atoms with van der Waals surface area (Å²) in [4.78, 5) is 11.7. The van der Waals surface area contributed by atoms with Gasteiger partial charge in [0.05, 0.1) is 5.60 Å². The van der Waals surface area contributed by atoms with E-state index < -0.39 is 5.60 Å². The molecular formula is C14H20N2O2. The van der Waals surface area contributed by atoms with E-state index in [1.165, 1.54) is 0 Å². The van der Waals surface area contributed by atoms with Crippen LogP contribution in [0.5, 0.6) is 0 Å². The molecule has 1 aromatic carbocycles. The summed E-state index contributed by atoms with van der Waals surface area (Å²) in [6.45, 7) is 4.00. The number of carbonyl (C=O) groups is 1. The number of aryl methyl sites for hydroxylation is 1. The predicted octanol–water partition coefficient (Wildman–Crippen LogP) is 2.28. The third kappa shape index (κ3) is 3.23. The van der Waals surface area contributed by atoms with E-state index in [1.807, 2.05) is 31.2 Å². The lowest BCUT2D eigenvalue weighted by Gasteiger charge is -2.23. The summed E-state index contributed by atoms with van der Waals surface area (Å²) in [6, 6.07) is 7.33. The summed E-state index contributed by atoms with van der Waals surface area (Å²) in [5, 5.41) is 15.6. The van der Waals surface area contributed by atoms with E-state index in [-0.39, 0.29) is 12.6 Å². The third-order valence-electron chi connectivity index (χ3n) is 3.46. The van der Waals surface area contributed by atoms with Gasteiger partial charge in [0.2, 0.25) is 0 Å². The lowest BCUT2D eigenvalue weighted by molar-refractivity contribution is 0.0398. The van der Waals surface area contributed by atoms with Crippen LogP contribution in [0.4, 0.5) is 10.5 Å². The van der Waals surface area contributed by atoms with Crippen molar-refractivity contribution < 1.29 is 9.90 Å². The number of benzene rings is 1. The van der Waals surface area contributed by atoms with Gasteiger partial charge in [0, 0.05) is 12.2 Å². The maximum Gasteiger partial charge on any atom is 0.319 e. The molecule has 98 valence electrons. The fourth-order valence-corrected chi connectivity index (χ4v) is 1.99. The Morgan fingerprint density at radius 2 is 2.11 bits per heavy atom. The van der Waals surface area contributed by atoms with Crippen LogP contribution in [0.15, 0.2) is 24.3 Å². The van der Waals surface area contributed by atoms with Gasteiger partial charge in [-0.15, -0.1) is 0 Å². The topological polar surface area (TPSA) is 61.4 Å². The highest BCUT2D eigenvalue weighted by molar-refractivity contribution is 5.90. The van der Waals surface area contributed by atoms with Crippen molar-refractivity contribution >= 4 is 11.7 Å². The van der Waals surface area contributed by atoms with E-state index in [1.54, 1.807) is 6.92 Å². The summed E-state index contributed by atoms with van der Waals surface area (Å²) in [5.41, 5.74) is 1.02. The molecule has 0 spiro atoms. The summed E-state index contributed by atoms with van der Waals surface area (Å²) < 4.78 is 0. The molecule has 0 radical (unpaired) electrons. The molecule has 0 aliphatic heterocycles. The number of carbonyl (C=O) groups excluding carboxylic acids is 1. The van der Waals surface area contributed by atoms with Gasteiger partial charge in [0.25, 0.3) is 0 Å². The SMILES string of the molecule is Cc1ccccc1NC(=O)NCC(C)(O)C1CC1. The molecule has 3 N–H and O–H groups in total. The van der Waals surface area contributed by atoms with Gasteiger partial charge in [-0.05, 0) is 44.2 Å². The maximum atomic E-state index is 11.7. The van der Waals surface area contributed by atoms with Gasteiger partial charge >= 0.3 is 6.03 Å². The number of hydrogen-bond donors (Lipinski definition) is 3. The molecule has 1 unspecified atom stereocenters. The molecule has 1 fully saturated rings. The van der Waals surface area contributed by atoms with Crippen molar-refractivity contribution in [1.82, 2.24) is 5.32 Å². The molecule has 0 aromatic heterocycles. The standard InChI is InChI=1S/C14H20N2O2/c1-10-5-3-4-6-12(10)16-13(17)15-9-14(2,18)11-7-8-11/h3-6,11,18H,7-9H2,1-2H3,(H2,15,16,17). The number of amides is 2. The van der Waals surface area contributed by atoms with Crippen LogP contribution < -0.4 is 10.6 Å². The predicted molar refractivity (Wildman–Crippen MR) is 71.5 cm³/mol. The Morgan fingerprint density at radius 1 is 1.44 bits per heavy atom. The average Bonchev–Trinajstić information content (AvgIpc) is 3.14. The molecule has 1 saturated carbocycles. The number of nitrogens with one attached hydrogen (secondary N) is 2. The second-order valence-electron chi connectivity index (χ2n) is 5.25. The van der Waals surface area contributed by atoms with Crippen molar-refractivity contribution in [2.45, 2.75) is 32.3 Å². The van der Waals surface area contributed by atoms with Crippen molar-refractivity contribution in [2.75, 3.05) is 11.9 Å². The summed E-state index contributed by atoms with van der Waals surface area (Å²) >= 11 is 0. The van der Waals surface area contributed by atoms with Crippen LogP contribution in [0.3, 0.4) is 0 Å². The largest absolute Gasteiger partial charge is 0.388 e. The van der Waals surface area contributed by atoms with Gasteiger partial charge in [-0.1, -0.05) is 18.2 Å². The van der Waals surface area contributed by atoms with Gasteiger partial charge in [-0.2, -0.15) is 0 Å². The fraction of sp³-hybridized carbons (Fsp3) is 0.500.